The van der Waals surface area contributed by atoms with Gasteiger partial charge >= 0.3 is 0 Å². The lowest BCUT2D eigenvalue weighted by atomic mass is 10.0. The van der Waals surface area contributed by atoms with Gasteiger partial charge in [-0.1, -0.05) is 6.07 Å². The van der Waals surface area contributed by atoms with E-state index >= 15 is 4.39 Å². The summed E-state index contributed by atoms with van der Waals surface area (Å²) in [6, 6.07) is 8.25. The number of fused-ring (bicyclic) bond motifs is 1. The molecule has 4 aromatic rings. The molecule has 2 aromatic carbocycles. The number of benzene rings is 2. The van der Waals surface area contributed by atoms with E-state index in [1.165, 1.54) is 12.1 Å². The molecule has 0 aliphatic carbocycles. The van der Waals surface area contributed by atoms with Crippen molar-refractivity contribution in [1.82, 2.24) is 15.0 Å². The van der Waals surface area contributed by atoms with Crippen molar-refractivity contribution in [2.45, 2.75) is 19.3 Å². The van der Waals surface area contributed by atoms with Crippen LogP contribution in [0.15, 0.2) is 48.8 Å². The van der Waals surface area contributed by atoms with Gasteiger partial charge in [0.2, 0.25) is 0 Å². The summed E-state index contributed by atoms with van der Waals surface area (Å²) in [5.74, 6) is -2.22. The second-order valence-electron chi connectivity index (χ2n) is 7.80. The Morgan fingerprint density at radius 3 is 2.31 bits per heavy atom. The molecule has 1 aliphatic heterocycles. The predicted molar refractivity (Wildman–Crippen MR) is 119 cm³/mol. The van der Waals surface area contributed by atoms with E-state index in [1.54, 1.807) is 24.5 Å². The molecule has 1 fully saturated rings. The number of hydrogen-bond acceptors (Lipinski definition) is 5. The highest BCUT2D eigenvalue weighted by Crippen LogP contribution is 2.41. The minimum atomic E-state index is -0.793. The fourth-order valence-corrected chi connectivity index (χ4v) is 4.25. The zero-order chi connectivity index (χ0) is 22.2. The van der Waals surface area contributed by atoms with Crippen LogP contribution in [0.1, 0.15) is 19.3 Å². The van der Waals surface area contributed by atoms with Crippen molar-refractivity contribution in [1.29, 1.82) is 0 Å². The maximum Gasteiger partial charge on any atom is 0.166 e. The van der Waals surface area contributed by atoms with E-state index in [0.29, 0.717) is 35.4 Å². The summed E-state index contributed by atoms with van der Waals surface area (Å²) in [6.45, 7) is 1.37. The van der Waals surface area contributed by atoms with Crippen LogP contribution < -0.4 is 10.6 Å². The van der Waals surface area contributed by atoms with E-state index in [4.69, 9.17) is 5.73 Å². The standard InChI is InChI=1S/C24H20F3N5/c25-15-7-4-8-16(26)19(15)24-30-21(14-6-5-9-29-13-14)20-22(31-24)18(28)12-17(27)23(20)32-10-2-1-3-11-32/h4-9,12-13H,1-3,10-11,28H2. The first kappa shape index (κ1) is 20.2. The second-order valence-corrected chi connectivity index (χ2v) is 7.80. The highest BCUT2D eigenvalue weighted by Gasteiger charge is 2.26. The Morgan fingerprint density at radius 1 is 0.875 bits per heavy atom. The van der Waals surface area contributed by atoms with Crippen molar-refractivity contribution in [2.75, 3.05) is 23.7 Å². The van der Waals surface area contributed by atoms with Crippen LogP contribution in [0.5, 0.6) is 0 Å². The van der Waals surface area contributed by atoms with Gasteiger partial charge in [0.15, 0.2) is 5.82 Å². The number of nitrogen functional groups attached to an aromatic ring is 1. The number of pyridine rings is 1. The van der Waals surface area contributed by atoms with Gasteiger partial charge in [-0.05, 0) is 43.5 Å². The van der Waals surface area contributed by atoms with E-state index in [-0.39, 0.29) is 22.6 Å². The van der Waals surface area contributed by atoms with Crippen molar-refractivity contribution in [3.05, 3.63) is 66.2 Å². The topological polar surface area (TPSA) is 67.9 Å². The van der Waals surface area contributed by atoms with Crippen LogP contribution in [-0.4, -0.2) is 28.0 Å². The minimum Gasteiger partial charge on any atom is -0.397 e. The van der Waals surface area contributed by atoms with E-state index in [0.717, 1.165) is 31.4 Å². The van der Waals surface area contributed by atoms with Gasteiger partial charge in [-0.25, -0.2) is 23.1 Å². The Morgan fingerprint density at radius 2 is 1.62 bits per heavy atom. The molecule has 1 saturated heterocycles. The molecule has 5 rings (SSSR count). The molecule has 5 nitrogen and oxygen atoms in total. The number of nitrogens with two attached hydrogens (primary N) is 1. The Bertz CT molecular complexity index is 1280. The molecule has 0 amide bonds. The van der Waals surface area contributed by atoms with Crippen LogP contribution in [0.4, 0.5) is 24.5 Å². The van der Waals surface area contributed by atoms with Crippen LogP contribution in [-0.2, 0) is 0 Å². The molecule has 0 saturated carbocycles. The first-order chi connectivity index (χ1) is 15.5. The quantitative estimate of drug-likeness (QED) is 0.440. The number of aromatic nitrogens is 3. The zero-order valence-electron chi connectivity index (χ0n) is 17.2. The molecule has 8 heteroatoms. The fraction of sp³-hybridized carbons (Fsp3) is 0.208. The molecule has 0 atom stereocenters. The molecule has 2 N–H and O–H groups in total. The van der Waals surface area contributed by atoms with Crippen LogP contribution in [0, 0.1) is 17.5 Å². The van der Waals surface area contributed by atoms with Crippen molar-refractivity contribution in [3.8, 4) is 22.6 Å². The number of nitrogens with zero attached hydrogens (tertiary/aromatic N) is 4. The smallest absolute Gasteiger partial charge is 0.166 e. The van der Waals surface area contributed by atoms with E-state index < -0.39 is 17.5 Å². The summed E-state index contributed by atoms with van der Waals surface area (Å²) in [6.07, 6.45) is 6.13. The largest absolute Gasteiger partial charge is 0.397 e. The van der Waals surface area contributed by atoms with Gasteiger partial charge in [0.25, 0.3) is 0 Å². The molecule has 0 unspecified atom stereocenters. The Hall–Kier alpha value is -3.68. The third kappa shape index (κ3) is 3.41. The van der Waals surface area contributed by atoms with Crippen LogP contribution >= 0.6 is 0 Å². The summed E-state index contributed by atoms with van der Waals surface area (Å²) in [7, 11) is 0. The summed E-state index contributed by atoms with van der Waals surface area (Å²) in [4.78, 5) is 15.1. The lowest BCUT2D eigenvalue weighted by Crippen LogP contribution is -2.30. The van der Waals surface area contributed by atoms with Gasteiger partial charge in [0.1, 0.15) is 23.0 Å². The van der Waals surface area contributed by atoms with Crippen molar-refractivity contribution < 1.29 is 13.2 Å². The molecule has 32 heavy (non-hydrogen) atoms. The maximum absolute atomic E-state index is 15.3. The second kappa shape index (κ2) is 8.11. The van der Waals surface area contributed by atoms with Crippen molar-refractivity contribution >= 4 is 22.3 Å². The van der Waals surface area contributed by atoms with Gasteiger partial charge in [-0.2, -0.15) is 0 Å². The Kier molecular flexibility index (Phi) is 5.13. The number of hydrogen-bond donors (Lipinski definition) is 1. The highest BCUT2D eigenvalue weighted by atomic mass is 19.1. The predicted octanol–water partition coefficient (Wildman–Crippen LogP) is 5.35. The highest BCUT2D eigenvalue weighted by molar-refractivity contribution is 6.07. The molecule has 162 valence electrons. The van der Waals surface area contributed by atoms with Gasteiger partial charge in [0.05, 0.1) is 28.0 Å². The molecular weight excluding hydrogens is 415 g/mol. The number of piperidine rings is 1. The lowest BCUT2D eigenvalue weighted by molar-refractivity contribution is 0.559. The first-order valence-corrected chi connectivity index (χ1v) is 10.4. The average Bonchev–Trinajstić information content (AvgIpc) is 2.80. The molecule has 1 aliphatic rings. The van der Waals surface area contributed by atoms with Crippen LogP contribution in [0.25, 0.3) is 33.5 Å². The number of anilines is 2. The molecular formula is C24H20F3N5. The van der Waals surface area contributed by atoms with Gasteiger partial charge in [0, 0.05) is 37.1 Å². The van der Waals surface area contributed by atoms with Crippen molar-refractivity contribution in [2.24, 2.45) is 0 Å². The van der Waals surface area contributed by atoms with Crippen LogP contribution in [0.3, 0.4) is 0 Å². The Labute approximate surface area is 182 Å². The van der Waals surface area contributed by atoms with E-state index in [1.807, 2.05) is 4.90 Å². The monoisotopic (exact) mass is 435 g/mol. The zero-order valence-corrected chi connectivity index (χ0v) is 17.2. The molecule has 0 radical (unpaired) electrons. The van der Waals surface area contributed by atoms with E-state index in [9.17, 15) is 8.78 Å². The minimum absolute atomic E-state index is 0.0730. The van der Waals surface area contributed by atoms with Crippen molar-refractivity contribution in [3.63, 3.8) is 0 Å². The molecule has 0 bridgehead atoms. The van der Waals surface area contributed by atoms with Gasteiger partial charge in [-0.3, -0.25) is 4.98 Å². The summed E-state index contributed by atoms with van der Waals surface area (Å²) in [5.41, 5.74) is 7.39. The van der Waals surface area contributed by atoms with E-state index in [2.05, 4.69) is 15.0 Å². The lowest BCUT2D eigenvalue weighted by Gasteiger charge is -2.31. The third-order valence-corrected chi connectivity index (χ3v) is 5.72. The molecule has 0 spiro atoms. The molecule has 2 aromatic heterocycles. The summed E-state index contributed by atoms with van der Waals surface area (Å²) < 4.78 is 44.4. The Balaban J connectivity index is 1.89. The van der Waals surface area contributed by atoms with Crippen LogP contribution in [0.2, 0.25) is 0 Å². The first-order valence-electron chi connectivity index (χ1n) is 10.4. The number of rotatable bonds is 3. The third-order valence-electron chi connectivity index (χ3n) is 5.72. The van der Waals surface area contributed by atoms with Gasteiger partial charge < -0.3 is 10.6 Å². The SMILES string of the molecule is Nc1cc(F)c(N2CCCCC2)c2c(-c3cccnc3)nc(-c3c(F)cccc3F)nc12. The summed E-state index contributed by atoms with van der Waals surface area (Å²) >= 11 is 0. The summed E-state index contributed by atoms with van der Waals surface area (Å²) in [5, 5.41) is 0.415. The molecule has 3 heterocycles. The van der Waals surface area contributed by atoms with Gasteiger partial charge in [-0.15, -0.1) is 0 Å². The maximum atomic E-state index is 15.3. The normalized spacial score (nSPS) is 14.2. The number of halogens is 3. The average molecular weight is 435 g/mol. The fourth-order valence-electron chi connectivity index (χ4n) is 4.25.